The molecule has 1 amide bonds. The van der Waals surface area contributed by atoms with Gasteiger partial charge in [0.25, 0.3) is 0 Å². The monoisotopic (exact) mass is 711 g/mol. The van der Waals surface area contributed by atoms with Gasteiger partial charge in [-0.3, -0.25) is 13.8 Å². The van der Waals surface area contributed by atoms with Gasteiger partial charge in [-0.2, -0.15) is 0 Å². The number of rotatable bonds is 36. The summed E-state index contributed by atoms with van der Waals surface area (Å²) in [6.45, 7) is 4.04. The third-order valence-electron chi connectivity index (χ3n) is 8.45. The Morgan fingerprint density at radius 2 is 1.18 bits per heavy atom. The highest BCUT2D eigenvalue weighted by Gasteiger charge is 2.27. The zero-order chi connectivity index (χ0) is 36.1. The van der Waals surface area contributed by atoms with Crippen LogP contribution in [-0.4, -0.2) is 47.8 Å². The molecule has 0 heterocycles. The molecule has 3 unspecified atom stereocenters. The van der Waals surface area contributed by atoms with Crippen molar-refractivity contribution in [2.75, 3.05) is 19.8 Å². The first-order valence-corrected chi connectivity index (χ1v) is 21.2. The number of phosphoric ester groups is 1. The Balaban J connectivity index is 4.31. The quantitative estimate of drug-likeness (QED) is 0.0289. The number of phosphoric acid groups is 1. The van der Waals surface area contributed by atoms with Crippen LogP contribution in [0.5, 0.6) is 0 Å². The predicted molar refractivity (Wildman–Crippen MR) is 207 cm³/mol. The third kappa shape index (κ3) is 34.7. The van der Waals surface area contributed by atoms with Gasteiger partial charge in [0.2, 0.25) is 5.91 Å². The van der Waals surface area contributed by atoms with Gasteiger partial charge in [-0.25, -0.2) is 4.57 Å². The first-order valence-electron chi connectivity index (χ1n) is 19.8. The Labute approximate surface area is 301 Å². The Hall–Kier alpha value is -1.54. The smallest absolute Gasteiger partial charge is 0.391 e. The lowest BCUT2D eigenvalue weighted by molar-refractivity contribution is -0.123. The van der Waals surface area contributed by atoms with Crippen molar-refractivity contribution in [1.29, 1.82) is 0 Å². The van der Waals surface area contributed by atoms with Gasteiger partial charge in [0.15, 0.2) is 0 Å². The summed E-state index contributed by atoms with van der Waals surface area (Å²) in [6, 6.07) is -0.796. The van der Waals surface area contributed by atoms with E-state index in [-0.39, 0.29) is 25.7 Å². The van der Waals surface area contributed by atoms with Crippen LogP contribution in [0, 0.1) is 0 Å². The Morgan fingerprint density at radius 1 is 0.694 bits per heavy atom. The fourth-order valence-electron chi connectivity index (χ4n) is 5.48. The van der Waals surface area contributed by atoms with Crippen molar-refractivity contribution in [2.45, 2.75) is 180 Å². The average Bonchev–Trinajstić information content (AvgIpc) is 3.09. The molecule has 0 bridgehead atoms. The van der Waals surface area contributed by atoms with E-state index in [0.29, 0.717) is 19.3 Å². The lowest BCUT2D eigenvalue weighted by Crippen LogP contribution is -2.46. The molecule has 0 spiro atoms. The van der Waals surface area contributed by atoms with Crippen molar-refractivity contribution in [3.63, 3.8) is 0 Å². The van der Waals surface area contributed by atoms with Gasteiger partial charge in [-0.1, -0.05) is 159 Å². The van der Waals surface area contributed by atoms with Gasteiger partial charge in [0, 0.05) is 13.0 Å². The molecule has 5 N–H and O–H groups in total. The second-order valence-electron chi connectivity index (χ2n) is 13.1. The lowest BCUT2D eigenvalue weighted by atomic mass is 10.0. The van der Waals surface area contributed by atoms with Crippen molar-refractivity contribution in [1.82, 2.24) is 5.32 Å². The summed E-state index contributed by atoms with van der Waals surface area (Å²) in [5.74, 6) is -0.204. The highest BCUT2D eigenvalue weighted by Crippen LogP contribution is 2.43. The number of carbonyl (C=O) groups is 1. The molecule has 9 heteroatoms. The molecule has 0 aliphatic rings. The molecular weight excluding hydrogens is 635 g/mol. The number of carbonyl (C=O) groups excluding carboxylic acids is 1. The maximum Gasteiger partial charge on any atom is 0.472 e. The molecule has 0 aromatic carbocycles. The SMILES string of the molecule is CC/C=C\C/C=C\C/C=C\C/C=C\CCCCC(=O)NC(COP(=O)(O)OCCN)C(O)CCCCCCCCCCCCCCCCC. The van der Waals surface area contributed by atoms with E-state index < -0.39 is 20.0 Å². The van der Waals surface area contributed by atoms with Crippen molar-refractivity contribution in [2.24, 2.45) is 5.73 Å². The van der Waals surface area contributed by atoms with E-state index in [4.69, 9.17) is 14.8 Å². The Kier molecular flexibility index (Phi) is 35.1. The van der Waals surface area contributed by atoms with E-state index in [2.05, 4.69) is 67.8 Å². The maximum absolute atomic E-state index is 12.7. The van der Waals surface area contributed by atoms with Crippen LogP contribution in [0.25, 0.3) is 0 Å². The van der Waals surface area contributed by atoms with E-state index in [1.807, 2.05) is 0 Å². The van der Waals surface area contributed by atoms with Crippen LogP contribution in [0.4, 0.5) is 0 Å². The number of nitrogens with one attached hydrogen (secondary N) is 1. The standard InChI is InChI=1S/C40H75N2O6P/c1-3-5-7-9-11-13-15-17-19-21-23-25-27-29-31-33-39(43)38(37-48-49(45,46)47-36-35-41)42-40(44)34-32-30-28-26-24-22-20-18-16-14-12-10-8-6-4-2/h6,8,12,14,18,20,24,26,38-39,43H,3-5,7,9-11,13,15-17,19,21-23,25,27-37,41H2,1-2H3,(H,42,44)(H,45,46)/b8-6-,14-12-,20-18-,26-24-. The number of hydrogen-bond donors (Lipinski definition) is 4. The molecule has 8 nitrogen and oxygen atoms in total. The first-order chi connectivity index (χ1) is 23.9. The van der Waals surface area contributed by atoms with Gasteiger partial charge < -0.3 is 21.1 Å². The topological polar surface area (TPSA) is 131 Å². The fraction of sp³-hybridized carbons (Fsp3) is 0.775. The van der Waals surface area contributed by atoms with E-state index >= 15 is 0 Å². The van der Waals surface area contributed by atoms with Crippen molar-refractivity contribution < 1.29 is 28.4 Å². The highest BCUT2D eigenvalue weighted by atomic mass is 31.2. The van der Waals surface area contributed by atoms with Crippen molar-refractivity contribution in [3.8, 4) is 0 Å². The van der Waals surface area contributed by atoms with Crippen molar-refractivity contribution >= 4 is 13.7 Å². The van der Waals surface area contributed by atoms with Crippen LogP contribution >= 0.6 is 7.82 Å². The van der Waals surface area contributed by atoms with Crippen LogP contribution in [0.2, 0.25) is 0 Å². The summed E-state index contributed by atoms with van der Waals surface area (Å²) in [4.78, 5) is 22.6. The van der Waals surface area contributed by atoms with Gasteiger partial charge in [0.05, 0.1) is 25.4 Å². The summed E-state index contributed by atoms with van der Waals surface area (Å²) < 4.78 is 22.1. The van der Waals surface area contributed by atoms with E-state index in [1.54, 1.807) is 0 Å². The number of amides is 1. The second-order valence-corrected chi connectivity index (χ2v) is 14.6. The molecule has 0 aliphatic heterocycles. The minimum absolute atomic E-state index is 0.0802. The van der Waals surface area contributed by atoms with Crippen molar-refractivity contribution in [3.05, 3.63) is 48.6 Å². The molecule has 0 saturated carbocycles. The number of nitrogens with two attached hydrogens (primary N) is 1. The minimum Gasteiger partial charge on any atom is -0.391 e. The molecule has 0 rings (SSSR count). The predicted octanol–water partition coefficient (Wildman–Crippen LogP) is 10.6. The number of unbranched alkanes of at least 4 members (excludes halogenated alkanes) is 16. The summed E-state index contributed by atoms with van der Waals surface area (Å²) in [6.07, 6.45) is 42.6. The molecule has 0 aromatic heterocycles. The van der Waals surface area contributed by atoms with Gasteiger partial charge in [-0.15, -0.1) is 0 Å². The molecule has 0 saturated heterocycles. The summed E-state index contributed by atoms with van der Waals surface area (Å²) in [5, 5.41) is 13.7. The highest BCUT2D eigenvalue weighted by molar-refractivity contribution is 7.47. The van der Waals surface area contributed by atoms with E-state index in [0.717, 1.165) is 57.8 Å². The van der Waals surface area contributed by atoms with Crippen LogP contribution in [-0.2, 0) is 18.4 Å². The largest absolute Gasteiger partial charge is 0.472 e. The summed E-state index contributed by atoms with van der Waals surface area (Å²) >= 11 is 0. The summed E-state index contributed by atoms with van der Waals surface area (Å²) in [7, 11) is -4.32. The second kappa shape index (κ2) is 36.3. The Morgan fingerprint density at radius 3 is 1.69 bits per heavy atom. The molecule has 0 aliphatic carbocycles. The molecule has 0 fully saturated rings. The number of allylic oxidation sites excluding steroid dienone is 8. The lowest BCUT2D eigenvalue weighted by Gasteiger charge is -2.25. The fourth-order valence-corrected chi connectivity index (χ4v) is 6.24. The third-order valence-corrected chi connectivity index (χ3v) is 9.43. The zero-order valence-corrected chi connectivity index (χ0v) is 32.3. The molecular formula is C40H75N2O6P. The maximum atomic E-state index is 12.7. The molecule has 286 valence electrons. The van der Waals surface area contributed by atoms with Gasteiger partial charge in [0.1, 0.15) is 0 Å². The normalized spacial score (nSPS) is 14.8. The van der Waals surface area contributed by atoms with E-state index in [1.165, 1.54) is 77.0 Å². The number of aliphatic hydroxyl groups excluding tert-OH is 1. The zero-order valence-electron chi connectivity index (χ0n) is 31.4. The van der Waals surface area contributed by atoms with Crippen LogP contribution in [0.3, 0.4) is 0 Å². The number of hydrogen-bond acceptors (Lipinski definition) is 6. The Bertz CT molecular complexity index is 907. The molecule has 0 aromatic rings. The molecule has 3 atom stereocenters. The van der Waals surface area contributed by atoms with Gasteiger partial charge >= 0.3 is 7.82 Å². The van der Waals surface area contributed by atoms with Gasteiger partial charge in [-0.05, 0) is 51.4 Å². The molecule has 0 radical (unpaired) electrons. The van der Waals surface area contributed by atoms with E-state index in [9.17, 15) is 19.4 Å². The van der Waals surface area contributed by atoms with Crippen LogP contribution < -0.4 is 11.1 Å². The number of aliphatic hydroxyl groups is 1. The average molecular weight is 711 g/mol. The summed E-state index contributed by atoms with van der Waals surface area (Å²) in [5.41, 5.74) is 5.36. The van der Waals surface area contributed by atoms with Crippen LogP contribution in [0.15, 0.2) is 48.6 Å². The minimum atomic E-state index is -4.32. The first kappa shape index (κ1) is 47.5. The van der Waals surface area contributed by atoms with Crippen LogP contribution in [0.1, 0.15) is 168 Å². The molecule has 49 heavy (non-hydrogen) atoms.